The highest BCUT2D eigenvalue weighted by Gasteiger charge is 2.22. The van der Waals surface area contributed by atoms with E-state index in [1.54, 1.807) is 48.5 Å². The van der Waals surface area contributed by atoms with Crippen LogP contribution < -0.4 is 10.7 Å². The predicted molar refractivity (Wildman–Crippen MR) is 126 cm³/mol. The molecule has 4 aromatic rings. The molecule has 0 saturated carbocycles. The number of nitrogens with zero attached hydrogens (tertiary/aromatic N) is 2. The van der Waals surface area contributed by atoms with Gasteiger partial charge in [0, 0.05) is 24.5 Å². The molecular formula is C22H19N3O7S2. The number of carboxylic acids is 1. The SMILES string of the molecule is CC(=O)O.Cc1ccc2oc(C(=O)Nc3nc(S(=O)(=O)Cc4ccccc4)ns3)cc(=O)c2c1. The number of anilines is 1. The van der Waals surface area contributed by atoms with E-state index in [4.69, 9.17) is 14.3 Å². The molecule has 34 heavy (non-hydrogen) atoms. The second kappa shape index (κ2) is 10.4. The maximum atomic E-state index is 12.5. The van der Waals surface area contributed by atoms with Gasteiger partial charge < -0.3 is 9.52 Å². The number of hydrogen-bond acceptors (Lipinski definition) is 9. The van der Waals surface area contributed by atoms with E-state index in [-0.39, 0.29) is 32.8 Å². The van der Waals surface area contributed by atoms with Gasteiger partial charge >= 0.3 is 0 Å². The summed E-state index contributed by atoms with van der Waals surface area (Å²) < 4.78 is 34.4. The lowest BCUT2D eigenvalue weighted by molar-refractivity contribution is -0.134. The highest BCUT2D eigenvalue weighted by molar-refractivity contribution is 7.90. The van der Waals surface area contributed by atoms with E-state index in [0.29, 0.717) is 10.9 Å². The number of aryl methyl sites for hydroxylation is 1. The Morgan fingerprint density at radius 2 is 1.79 bits per heavy atom. The molecule has 12 heteroatoms. The van der Waals surface area contributed by atoms with E-state index in [0.717, 1.165) is 30.1 Å². The Bertz CT molecular complexity index is 1510. The van der Waals surface area contributed by atoms with Crippen LogP contribution in [0.15, 0.2) is 69.0 Å². The molecule has 2 aromatic heterocycles. The van der Waals surface area contributed by atoms with Crippen LogP contribution in [0.5, 0.6) is 0 Å². The van der Waals surface area contributed by atoms with Gasteiger partial charge in [0.2, 0.25) is 15.0 Å². The van der Waals surface area contributed by atoms with Gasteiger partial charge in [0.1, 0.15) is 5.58 Å². The molecule has 0 bridgehead atoms. The van der Waals surface area contributed by atoms with Crippen molar-refractivity contribution >= 4 is 49.3 Å². The molecule has 0 saturated heterocycles. The van der Waals surface area contributed by atoms with Crippen LogP contribution in [0, 0.1) is 6.92 Å². The summed E-state index contributed by atoms with van der Waals surface area (Å²) in [6.07, 6.45) is 0. The van der Waals surface area contributed by atoms with E-state index >= 15 is 0 Å². The molecule has 0 spiro atoms. The Morgan fingerprint density at radius 1 is 1.12 bits per heavy atom. The third-order valence-electron chi connectivity index (χ3n) is 4.21. The highest BCUT2D eigenvalue weighted by Crippen LogP contribution is 2.20. The summed E-state index contributed by atoms with van der Waals surface area (Å²) in [6, 6.07) is 14.8. The van der Waals surface area contributed by atoms with Crippen molar-refractivity contribution in [3.8, 4) is 0 Å². The molecule has 176 valence electrons. The zero-order chi connectivity index (χ0) is 24.9. The van der Waals surface area contributed by atoms with Crippen LogP contribution in [0.3, 0.4) is 0 Å². The quantitative estimate of drug-likeness (QED) is 0.419. The zero-order valence-corrected chi connectivity index (χ0v) is 19.6. The van der Waals surface area contributed by atoms with Crippen molar-refractivity contribution in [2.75, 3.05) is 5.32 Å². The smallest absolute Gasteiger partial charge is 0.300 e. The summed E-state index contributed by atoms with van der Waals surface area (Å²) in [5, 5.41) is 9.83. The summed E-state index contributed by atoms with van der Waals surface area (Å²) in [5.74, 6) is -2.02. The van der Waals surface area contributed by atoms with Gasteiger partial charge in [-0.3, -0.25) is 19.7 Å². The van der Waals surface area contributed by atoms with Crippen molar-refractivity contribution in [1.29, 1.82) is 0 Å². The molecule has 0 unspecified atom stereocenters. The summed E-state index contributed by atoms with van der Waals surface area (Å²) in [5.41, 5.74) is 1.42. The summed E-state index contributed by atoms with van der Waals surface area (Å²) >= 11 is 0.728. The first kappa shape index (κ1) is 24.7. The van der Waals surface area contributed by atoms with Crippen molar-refractivity contribution in [3.63, 3.8) is 0 Å². The molecule has 4 rings (SSSR count). The minimum Gasteiger partial charge on any atom is -0.481 e. The van der Waals surface area contributed by atoms with Gasteiger partial charge in [0.15, 0.2) is 11.2 Å². The number of rotatable bonds is 5. The van der Waals surface area contributed by atoms with Crippen molar-refractivity contribution in [2.24, 2.45) is 0 Å². The number of aromatic nitrogens is 2. The normalized spacial score (nSPS) is 10.9. The maximum absolute atomic E-state index is 12.5. The van der Waals surface area contributed by atoms with Gasteiger partial charge in [-0.2, -0.15) is 9.36 Å². The molecule has 0 aliphatic rings. The molecule has 2 aromatic carbocycles. The fraction of sp³-hybridized carbons (Fsp3) is 0.136. The molecule has 10 nitrogen and oxygen atoms in total. The first-order chi connectivity index (χ1) is 16.0. The number of sulfone groups is 1. The van der Waals surface area contributed by atoms with E-state index in [2.05, 4.69) is 14.7 Å². The number of benzene rings is 2. The predicted octanol–water partition coefficient (Wildman–Crippen LogP) is 3.27. The van der Waals surface area contributed by atoms with Crippen LogP contribution in [0.25, 0.3) is 11.0 Å². The Labute approximate surface area is 198 Å². The summed E-state index contributed by atoms with van der Waals surface area (Å²) in [7, 11) is -3.77. The number of carboxylic acid groups (broad SMARTS) is 1. The van der Waals surface area contributed by atoms with Crippen LogP contribution in [0.2, 0.25) is 0 Å². The maximum Gasteiger partial charge on any atom is 0.300 e. The Balaban J connectivity index is 0.000000751. The van der Waals surface area contributed by atoms with Crippen LogP contribution in [-0.2, 0) is 20.4 Å². The molecule has 0 fully saturated rings. The Kier molecular flexibility index (Phi) is 7.54. The first-order valence-corrected chi connectivity index (χ1v) is 12.1. The number of hydrogen-bond donors (Lipinski definition) is 2. The summed E-state index contributed by atoms with van der Waals surface area (Å²) in [6.45, 7) is 2.93. The van der Waals surface area contributed by atoms with Gasteiger partial charge in [-0.05, 0) is 24.6 Å². The number of nitrogens with one attached hydrogen (secondary N) is 1. The Morgan fingerprint density at radius 3 is 2.47 bits per heavy atom. The molecule has 1 amide bonds. The van der Waals surface area contributed by atoms with Crippen LogP contribution in [-0.4, -0.2) is 34.8 Å². The van der Waals surface area contributed by atoms with Gasteiger partial charge in [0.25, 0.3) is 17.0 Å². The number of carbonyl (C=O) groups is 2. The lowest BCUT2D eigenvalue weighted by atomic mass is 10.1. The van der Waals surface area contributed by atoms with Gasteiger partial charge in [-0.1, -0.05) is 42.0 Å². The second-order valence-electron chi connectivity index (χ2n) is 7.07. The summed E-state index contributed by atoms with van der Waals surface area (Å²) in [4.78, 5) is 37.7. The van der Waals surface area contributed by atoms with Gasteiger partial charge in [-0.25, -0.2) is 8.42 Å². The molecule has 0 aliphatic carbocycles. The zero-order valence-electron chi connectivity index (χ0n) is 18.0. The van der Waals surface area contributed by atoms with Crippen LogP contribution >= 0.6 is 11.5 Å². The van der Waals surface area contributed by atoms with Crippen molar-refractivity contribution in [1.82, 2.24) is 9.36 Å². The molecule has 0 radical (unpaired) electrons. The fourth-order valence-electron chi connectivity index (χ4n) is 2.79. The van der Waals surface area contributed by atoms with Crippen molar-refractivity contribution in [3.05, 3.63) is 81.7 Å². The number of carbonyl (C=O) groups excluding carboxylic acids is 1. The van der Waals surface area contributed by atoms with Gasteiger partial charge in [-0.15, -0.1) is 0 Å². The van der Waals surface area contributed by atoms with E-state index < -0.39 is 21.7 Å². The average molecular weight is 502 g/mol. The standard InChI is InChI=1S/C20H15N3O5S2.C2H4O2/c1-12-7-8-16-14(9-12)15(24)10-17(28-16)18(25)21-19-22-20(23-29-19)30(26,27)11-13-5-3-2-4-6-13;1-2(3)4/h2-10H,11H2,1H3,(H,21,22,23,25);1H3,(H,3,4). The van der Waals surface area contributed by atoms with E-state index in [1.165, 1.54) is 0 Å². The number of aliphatic carboxylic acids is 1. The monoisotopic (exact) mass is 501 g/mol. The largest absolute Gasteiger partial charge is 0.481 e. The topological polar surface area (TPSA) is 157 Å². The van der Waals surface area contributed by atoms with Crippen molar-refractivity contribution < 1.29 is 27.5 Å². The van der Waals surface area contributed by atoms with Crippen LogP contribution in [0.4, 0.5) is 5.13 Å². The first-order valence-electron chi connectivity index (χ1n) is 9.71. The van der Waals surface area contributed by atoms with E-state index in [1.807, 2.05) is 6.92 Å². The van der Waals surface area contributed by atoms with E-state index in [9.17, 15) is 18.0 Å². The Hall–Kier alpha value is -3.90. The van der Waals surface area contributed by atoms with Crippen molar-refractivity contribution in [2.45, 2.75) is 24.8 Å². The number of fused-ring (bicyclic) bond motifs is 1. The molecule has 0 aliphatic heterocycles. The second-order valence-corrected chi connectivity index (χ2v) is 9.71. The lowest BCUT2D eigenvalue weighted by Gasteiger charge is -2.03. The molecular weight excluding hydrogens is 482 g/mol. The average Bonchev–Trinajstić information content (AvgIpc) is 3.24. The molecule has 2 N–H and O–H groups in total. The van der Waals surface area contributed by atoms with Crippen LogP contribution in [0.1, 0.15) is 28.6 Å². The minimum absolute atomic E-state index is 0.0155. The molecule has 2 heterocycles. The lowest BCUT2D eigenvalue weighted by Crippen LogP contribution is -2.15. The minimum atomic E-state index is -3.77. The highest BCUT2D eigenvalue weighted by atomic mass is 32.2. The number of amides is 1. The third-order valence-corrected chi connectivity index (χ3v) is 6.41. The molecule has 0 atom stereocenters. The fourth-order valence-corrected chi connectivity index (χ4v) is 4.87. The third kappa shape index (κ3) is 6.33. The van der Waals surface area contributed by atoms with Gasteiger partial charge in [0.05, 0.1) is 11.1 Å².